The van der Waals surface area contributed by atoms with E-state index in [0.717, 1.165) is 18.9 Å². The fraction of sp³-hybridized carbons (Fsp3) is 0.667. The lowest BCUT2D eigenvalue weighted by atomic mass is 10.0. The van der Waals surface area contributed by atoms with Crippen LogP contribution in [-0.4, -0.2) is 49.1 Å². The van der Waals surface area contributed by atoms with E-state index in [4.69, 9.17) is 5.73 Å². The van der Waals surface area contributed by atoms with E-state index in [1.54, 1.807) is 0 Å². The molecule has 0 radical (unpaired) electrons. The van der Waals surface area contributed by atoms with Gasteiger partial charge in [-0.15, -0.1) is 0 Å². The quantitative estimate of drug-likeness (QED) is 0.872. The van der Waals surface area contributed by atoms with Gasteiger partial charge in [0.05, 0.1) is 0 Å². The Labute approximate surface area is 129 Å². The SMILES string of the molecule is Cc1ccc(C(N)CCN2CCN(CC3CC3)CC2)cc1. The smallest absolute Gasteiger partial charge is 0.0307 e. The largest absolute Gasteiger partial charge is 0.324 e. The Hall–Kier alpha value is -0.900. The second-order valence-corrected chi connectivity index (χ2v) is 6.89. The Bertz CT molecular complexity index is 430. The molecule has 116 valence electrons. The molecule has 3 nitrogen and oxygen atoms in total. The minimum absolute atomic E-state index is 0.176. The molecule has 0 bridgehead atoms. The molecule has 3 heteroatoms. The van der Waals surface area contributed by atoms with Gasteiger partial charge < -0.3 is 15.5 Å². The highest BCUT2D eigenvalue weighted by molar-refractivity contribution is 5.23. The third kappa shape index (κ3) is 4.53. The van der Waals surface area contributed by atoms with Gasteiger partial charge >= 0.3 is 0 Å². The van der Waals surface area contributed by atoms with Crippen molar-refractivity contribution in [3.05, 3.63) is 35.4 Å². The van der Waals surface area contributed by atoms with Gasteiger partial charge in [-0.2, -0.15) is 0 Å². The Morgan fingerprint density at radius 1 is 1.05 bits per heavy atom. The molecule has 0 amide bonds. The molecule has 1 aliphatic carbocycles. The van der Waals surface area contributed by atoms with Crippen LogP contribution in [0.5, 0.6) is 0 Å². The first-order chi connectivity index (χ1) is 10.2. The van der Waals surface area contributed by atoms with Crippen LogP contribution in [0.3, 0.4) is 0 Å². The summed E-state index contributed by atoms with van der Waals surface area (Å²) in [7, 11) is 0. The Balaban J connectivity index is 1.38. The first-order valence-corrected chi connectivity index (χ1v) is 8.47. The Morgan fingerprint density at radius 2 is 1.67 bits per heavy atom. The van der Waals surface area contributed by atoms with Gasteiger partial charge in [-0.3, -0.25) is 0 Å². The minimum Gasteiger partial charge on any atom is -0.324 e. The van der Waals surface area contributed by atoms with Crippen LogP contribution in [0.15, 0.2) is 24.3 Å². The number of aryl methyl sites for hydroxylation is 1. The number of rotatable bonds is 6. The number of nitrogens with two attached hydrogens (primary N) is 1. The summed E-state index contributed by atoms with van der Waals surface area (Å²) in [6.45, 7) is 9.52. The maximum Gasteiger partial charge on any atom is 0.0307 e. The highest BCUT2D eigenvalue weighted by Crippen LogP contribution is 2.29. The van der Waals surface area contributed by atoms with Crippen molar-refractivity contribution < 1.29 is 0 Å². The van der Waals surface area contributed by atoms with Crippen molar-refractivity contribution >= 4 is 0 Å². The second kappa shape index (κ2) is 6.91. The van der Waals surface area contributed by atoms with E-state index in [-0.39, 0.29) is 6.04 Å². The molecule has 21 heavy (non-hydrogen) atoms. The highest BCUT2D eigenvalue weighted by atomic mass is 15.3. The molecule has 2 aliphatic rings. The first kappa shape index (κ1) is 15.0. The summed E-state index contributed by atoms with van der Waals surface area (Å²) in [6.07, 6.45) is 3.99. The molecule has 1 aliphatic heterocycles. The molecular weight excluding hydrogens is 258 g/mol. The molecule has 1 unspecified atom stereocenters. The monoisotopic (exact) mass is 287 g/mol. The standard InChI is InChI=1S/C18H29N3/c1-15-2-6-17(7-3-15)18(19)8-9-20-10-12-21(13-11-20)14-16-4-5-16/h2-3,6-7,16,18H,4-5,8-14,19H2,1H3. The minimum atomic E-state index is 0.176. The molecule has 0 spiro atoms. The van der Waals surface area contributed by atoms with E-state index >= 15 is 0 Å². The zero-order valence-corrected chi connectivity index (χ0v) is 13.3. The molecule has 1 saturated heterocycles. The fourth-order valence-electron chi connectivity index (χ4n) is 3.16. The van der Waals surface area contributed by atoms with Crippen molar-refractivity contribution in [2.45, 2.75) is 32.2 Å². The molecule has 2 fully saturated rings. The van der Waals surface area contributed by atoms with Crippen LogP contribution in [0.2, 0.25) is 0 Å². The molecule has 1 aromatic carbocycles. The van der Waals surface area contributed by atoms with Crippen molar-refractivity contribution in [2.24, 2.45) is 11.7 Å². The molecule has 1 atom stereocenters. The molecule has 2 N–H and O–H groups in total. The van der Waals surface area contributed by atoms with Gasteiger partial charge in [0.2, 0.25) is 0 Å². The summed E-state index contributed by atoms with van der Waals surface area (Å²) in [5.41, 5.74) is 8.90. The van der Waals surface area contributed by atoms with Crippen LogP contribution < -0.4 is 5.73 Å². The number of benzene rings is 1. The van der Waals surface area contributed by atoms with Gasteiger partial charge in [-0.1, -0.05) is 29.8 Å². The predicted molar refractivity (Wildman–Crippen MR) is 88.3 cm³/mol. The van der Waals surface area contributed by atoms with Crippen molar-refractivity contribution in [1.82, 2.24) is 9.80 Å². The summed E-state index contributed by atoms with van der Waals surface area (Å²) < 4.78 is 0. The summed E-state index contributed by atoms with van der Waals surface area (Å²) in [5.74, 6) is 1.02. The van der Waals surface area contributed by atoms with Gasteiger partial charge in [0.15, 0.2) is 0 Å². The van der Waals surface area contributed by atoms with Gasteiger partial charge in [0, 0.05) is 45.3 Å². The lowest BCUT2D eigenvalue weighted by molar-refractivity contribution is 0.126. The maximum atomic E-state index is 6.33. The number of piperazine rings is 1. The van der Waals surface area contributed by atoms with Gasteiger partial charge in [-0.25, -0.2) is 0 Å². The third-order valence-electron chi connectivity index (χ3n) is 4.94. The second-order valence-electron chi connectivity index (χ2n) is 6.89. The Morgan fingerprint density at radius 3 is 2.29 bits per heavy atom. The van der Waals surface area contributed by atoms with Crippen LogP contribution in [0, 0.1) is 12.8 Å². The molecule has 0 aromatic heterocycles. The molecule has 1 heterocycles. The fourth-order valence-corrected chi connectivity index (χ4v) is 3.16. The lowest BCUT2D eigenvalue weighted by Gasteiger charge is -2.35. The van der Waals surface area contributed by atoms with Crippen LogP contribution in [0.1, 0.15) is 36.4 Å². The normalized spacial score (nSPS) is 22.4. The van der Waals surface area contributed by atoms with Gasteiger partial charge in [0.25, 0.3) is 0 Å². The van der Waals surface area contributed by atoms with Crippen LogP contribution in [0.4, 0.5) is 0 Å². The average molecular weight is 287 g/mol. The van der Waals surface area contributed by atoms with E-state index in [2.05, 4.69) is 41.0 Å². The topological polar surface area (TPSA) is 32.5 Å². The van der Waals surface area contributed by atoms with E-state index in [1.807, 2.05) is 0 Å². The van der Waals surface area contributed by atoms with E-state index in [0.29, 0.717) is 0 Å². The lowest BCUT2D eigenvalue weighted by Crippen LogP contribution is -2.47. The summed E-state index contributed by atoms with van der Waals surface area (Å²) in [6, 6.07) is 8.84. The van der Waals surface area contributed by atoms with Crippen LogP contribution in [0.25, 0.3) is 0 Å². The van der Waals surface area contributed by atoms with E-state index < -0.39 is 0 Å². The van der Waals surface area contributed by atoms with E-state index in [1.165, 1.54) is 56.7 Å². The number of nitrogens with zero attached hydrogens (tertiary/aromatic N) is 2. The molecule has 3 rings (SSSR count). The van der Waals surface area contributed by atoms with Crippen molar-refractivity contribution in [1.29, 1.82) is 0 Å². The predicted octanol–water partition coefficient (Wildman–Crippen LogP) is 2.41. The zero-order valence-electron chi connectivity index (χ0n) is 13.3. The average Bonchev–Trinajstić information content (AvgIpc) is 3.31. The van der Waals surface area contributed by atoms with Gasteiger partial charge in [-0.05, 0) is 37.7 Å². The van der Waals surface area contributed by atoms with Crippen LogP contribution >= 0.6 is 0 Å². The summed E-state index contributed by atoms with van der Waals surface area (Å²) in [4.78, 5) is 5.23. The van der Waals surface area contributed by atoms with Gasteiger partial charge in [0.1, 0.15) is 0 Å². The van der Waals surface area contributed by atoms with Crippen molar-refractivity contribution in [3.8, 4) is 0 Å². The number of hydrogen-bond acceptors (Lipinski definition) is 3. The Kier molecular flexibility index (Phi) is 4.94. The maximum absolute atomic E-state index is 6.33. The summed E-state index contributed by atoms with van der Waals surface area (Å²) in [5, 5.41) is 0. The molecule has 1 aromatic rings. The van der Waals surface area contributed by atoms with Crippen molar-refractivity contribution in [2.75, 3.05) is 39.3 Å². The zero-order chi connectivity index (χ0) is 14.7. The highest BCUT2D eigenvalue weighted by Gasteiger charge is 2.26. The third-order valence-corrected chi connectivity index (χ3v) is 4.94. The van der Waals surface area contributed by atoms with Crippen molar-refractivity contribution in [3.63, 3.8) is 0 Å². The molecular formula is C18H29N3. The first-order valence-electron chi connectivity index (χ1n) is 8.47. The van der Waals surface area contributed by atoms with E-state index in [9.17, 15) is 0 Å². The molecule has 1 saturated carbocycles. The summed E-state index contributed by atoms with van der Waals surface area (Å²) >= 11 is 0. The van der Waals surface area contributed by atoms with Crippen LogP contribution in [-0.2, 0) is 0 Å². The number of hydrogen-bond donors (Lipinski definition) is 1.